The van der Waals surface area contributed by atoms with Gasteiger partial charge in [0.15, 0.2) is 0 Å². The van der Waals surface area contributed by atoms with Gasteiger partial charge in [0.1, 0.15) is 12.2 Å². The number of morpholine rings is 1. The van der Waals surface area contributed by atoms with Crippen LogP contribution >= 0.6 is 0 Å². The second kappa shape index (κ2) is 7.23. The SMILES string of the molecule is O=C(c1ccnc(OC2CCC2)c1)N1CCOC(c2ccccc2)C1. The summed E-state index contributed by atoms with van der Waals surface area (Å²) in [6, 6.07) is 13.6. The molecule has 2 fully saturated rings. The van der Waals surface area contributed by atoms with Crippen molar-refractivity contribution in [3.63, 3.8) is 0 Å². The number of carbonyl (C=O) groups is 1. The first kappa shape index (κ1) is 16.1. The highest BCUT2D eigenvalue weighted by Crippen LogP contribution is 2.26. The Kier molecular flexibility index (Phi) is 4.65. The summed E-state index contributed by atoms with van der Waals surface area (Å²) in [5, 5.41) is 0. The van der Waals surface area contributed by atoms with Gasteiger partial charge in [0, 0.05) is 24.4 Å². The highest BCUT2D eigenvalue weighted by molar-refractivity contribution is 5.94. The lowest BCUT2D eigenvalue weighted by atomic mass is 9.96. The van der Waals surface area contributed by atoms with Gasteiger partial charge in [0.25, 0.3) is 5.91 Å². The number of carbonyl (C=O) groups excluding carboxylic acids is 1. The maximum Gasteiger partial charge on any atom is 0.254 e. The van der Waals surface area contributed by atoms with Gasteiger partial charge in [0.2, 0.25) is 5.88 Å². The third-order valence-electron chi connectivity index (χ3n) is 4.85. The Morgan fingerprint density at radius 2 is 2.04 bits per heavy atom. The van der Waals surface area contributed by atoms with E-state index < -0.39 is 0 Å². The van der Waals surface area contributed by atoms with E-state index in [0.717, 1.165) is 18.4 Å². The molecule has 1 unspecified atom stereocenters. The minimum absolute atomic E-state index is 0.00471. The molecule has 0 radical (unpaired) electrons. The summed E-state index contributed by atoms with van der Waals surface area (Å²) in [7, 11) is 0. The van der Waals surface area contributed by atoms with Crippen molar-refractivity contribution in [1.82, 2.24) is 9.88 Å². The Balaban J connectivity index is 1.45. The largest absolute Gasteiger partial charge is 0.474 e. The second-order valence-corrected chi connectivity index (χ2v) is 6.57. The van der Waals surface area contributed by atoms with E-state index >= 15 is 0 Å². The zero-order chi connectivity index (χ0) is 17.1. The number of amides is 1. The molecule has 130 valence electrons. The third kappa shape index (κ3) is 3.66. The molecule has 5 nitrogen and oxygen atoms in total. The second-order valence-electron chi connectivity index (χ2n) is 6.57. The van der Waals surface area contributed by atoms with Crippen molar-refractivity contribution in [3.05, 3.63) is 59.8 Å². The van der Waals surface area contributed by atoms with Crippen molar-refractivity contribution < 1.29 is 14.3 Å². The number of aromatic nitrogens is 1. The van der Waals surface area contributed by atoms with E-state index in [9.17, 15) is 4.79 Å². The van der Waals surface area contributed by atoms with Crippen LogP contribution in [0, 0.1) is 0 Å². The molecule has 2 aromatic rings. The summed E-state index contributed by atoms with van der Waals surface area (Å²) < 4.78 is 11.7. The number of hydrogen-bond donors (Lipinski definition) is 0. The van der Waals surface area contributed by atoms with E-state index in [4.69, 9.17) is 9.47 Å². The zero-order valence-corrected chi connectivity index (χ0v) is 14.1. The number of rotatable bonds is 4. The normalized spacial score (nSPS) is 20.8. The molecule has 1 amide bonds. The lowest BCUT2D eigenvalue weighted by Crippen LogP contribution is -2.42. The Labute approximate surface area is 147 Å². The standard InChI is InChI=1S/C20H22N2O3/c23-20(16-9-10-21-19(13-16)25-17-7-4-8-17)22-11-12-24-18(14-22)15-5-2-1-3-6-15/h1-3,5-6,9-10,13,17-18H,4,7-8,11-12,14H2. The van der Waals surface area contributed by atoms with Gasteiger partial charge < -0.3 is 14.4 Å². The Bertz CT molecular complexity index is 731. The molecular formula is C20H22N2O3. The summed E-state index contributed by atoms with van der Waals surface area (Å²) in [6.45, 7) is 1.70. The number of hydrogen-bond acceptors (Lipinski definition) is 4. The number of benzene rings is 1. The molecule has 1 saturated heterocycles. The molecule has 5 heteroatoms. The van der Waals surface area contributed by atoms with Crippen molar-refractivity contribution in [3.8, 4) is 5.88 Å². The highest BCUT2D eigenvalue weighted by Gasteiger charge is 2.27. The third-order valence-corrected chi connectivity index (χ3v) is 4.85. The first-order valence-electron chi connectivity index (χ1n) is 8.88. The smallest absolute Gasteiger partial charge is 0.254 e. The van der Waals surface area contributed by atoms with Crippen molar-refractivity contribution in [2.45, 2.75) is 31.5 Å². The summed E-state index contributed by atoms with van der Waals surface area (Å²) >= 11 is 0. The van der Waals surface area contributed by atoms with E-state index in [-0.39, 0.29) is 18.1 Å². The summed E-state index contributed by atoms with van der Waals surface area (Å²) in [5.41, 5.74) is 1.72. The Hall–Kier alpha value is -2.40. The van der Waals surface area contributed by atoms with Crippen LogP contribution in [-0.4, -0.2) is 41.6 Å². The van der Waals surface area contributed by atoms with Gasteiger partial charge in [0.05, 0.1) is 13.2 Å². The fraction of sp³-hybridized carbons (Fsp3) is 0.400. The number of ether oxygens (including phenoxy) is 2. The molecule has 1 aromatic carbocycles. The maximum atomic E-state index is 12.9. The van der Waals surface area contributed by atoms with Gasteiger partial charge in [-0.3, -0.25) is 4.79 Å². The van der Waals surface area contributed by atoms with Crippen LogP contribution in [0.1, 0.15) is 41.3 Å². The summed E-state index contributed by atoms with van der Waals surface area (Å²) in [5.74, 6) is 0.550. The molecule has 2 aliphatic rings. The van der Waals surface area contributed by atoms with E-state index in [0.29, 0.717) is 31.1 Å². The van der Waals surface area contributed by atoms with Crippen LogP contribution < -0.4 is 4.74 Å². The lowest BCUT2D eigenvalue weighted by molar-refractivity contribution is -0.0228. The van der Waals surface area contributed by atoms with Crippen LogP contribution in [-0.2, 0) is 4.74 Å². The van der Waals surface area contributed by atoms with Crippen LogP contribution in [0.15, 0.2) is 48.7 Å². The van der Waals surface area contributed by atoms with E-state index in [1.807, 2.05) is 35.2 Å². The van der Waals surface area contributed by atoms with E-state index in [1.54, 1.807) is 18.3 Å². The van der Waals surface area contributed by atoms with Crippen LogP contribution in [0.3, 0.4) is 0 Å². The zero-order valence-electron chi connectivity index (χ0n) is 14.1. The molecule has 1 aromatic heterocycles. The Morgan fingerprint density at radius 1 is 1.20 bits per heavy atom. The molecule has 1 atom stereocenters. The molecule has 1 saturated carbocycles. The minimum atomic E-state index is -0.0774. The van der Waals surface area contributed by atoms with Crippen molar-refractivity contribution in [2.75, 3.05) is 19.7 Å². The topological polar surface area (TPSA) is 51.7 Å². The van der Waals surface area contributed by atoms with Crippen LogP contribution in [0.25, 0.3) is 0 Å². The predicted octanol–water partition coefficient (Wildman–Crippen LogP) is 3.23. The lowest BCUT2D eigenvalue weighted by Gasteiger charge is -2.33. The van der Waals surface area contributed by atoms with Crippen LogP contribution in [0.5, 0.6) is 5.88 Å². The molecular weight excluding hydrogens is 316 g/mol. The molecule has 2 heterocycles. The average Bonchev–Trinajstić information content (AvgIpc) is 2.65. The molecule has 1 aliphatic heterocycles. The average molecular weight is 338 g/mol. The van der Waals surface area contributed by atoms with E-state index in [2.05, 4.69) is 4.98 Å². The maximum absolute atomic E-state index is 12.9. The molecule has 1 aliphatic carbocycles. The van der Waals surface area contributed by atoms with Gasteiger partial charge in [-0.1, -0.05) is 30.3 Å². The Morgan fingerprint density at radius 3 is 2.80 bits per heavy atom. The summed E-state index contributed by atoms with van der Waals surface area (Å²) in [6.07, 6.45) is 5.17. The molecule has 0 N–H and O–H groups in total. The van der Waals surface area contributed by atoms with Crippen molar-refractivity contribution in [2.24, 2.45) is 0 Å². The first-order chi connectivity index (χ1) is 12.3. The molecule has 25 heavy (non-hydrogen) atoms. The van der Waals surface area contributed by atoms with Crippen molar-refractivity contribution >= 4 is 5.91 Å². The predicted molar refractivity (Wildman–Crippen MR) is 93.5 cm³/mol. The monoisotopic (exact) mass is 338 g/mol. The van der Waals surface area contributed by atoms with Gasteiger partial charge in [-0.05, 0) is 30.9 Å². The highest BCUT2D eigenvalue weighted by atomic mass is 16.5. The van der Waals surface area contributed by atoms with Crippen LogP contribution in [0.2, 0.25) is 0 Å². The van der Waals surface area contributed by atoms with Crippen molar-refractivity contribution in [1.29, 1.82) is 0 Å². The van der Waals surface area contributed by atoms with Gasteiger partial charge >= 0.3 is 0 Å². The van der Waals surface area contributed by atoms with Gasteiger partial charge in [-0.15, -0.1) is 0 Å². The van der Waals surface area contributed by atoms with Gasteiger partial charge in [-0.2, -0.15) is 0 Å². The minimum Gasteiger partial charge on any atom is -0.474 e. The van der Waals surface area contributed by atoms with Gasteiger partial charge in [-0.25, -0.2) is 4.98 Å². The fourth-order valence-electron chi connectivity index (χ4n) is 3.15. The number of pyridine rings is 1. The van der Waals surface area contributed by atoms with Crippen LogP contribution in [0.4, 0.5) is 0 Å². The quantitative estimate of drug-likeness (QED) is 0.859. The molecule has 0 spiro atoms. The van der Waals surface area contributed by atoms with E-state index in [1.165, 1.54) is 6.42 Å². The first-order valence-corrected chi connectivity index (χ1v) is 8.88. The molecule has 0 bridgehead atoms. The molecule has 4 rings (SSSR count). The fourth-order valence-corrected chi connectivity index (χ4v) is 3.15. The number of nitrogens with zero attached hydrogens (tertiary/aromatic N) is 2. The summed E-state index contributed by atoms with van der Waals surface area (Å²) in [4.78, 5) is 19.0.